The van der Waals surface area contributed by atoms with Crippen LogP contribution in [0, 0.1) is 0 Å². The molecular formula is C24H32N2O10S2. The van der Waals surface area contributed by atoms with Gasteiger partial charge in [0.05, 0.1) is 24.6 Å². The van der Waals surface area contributed by atoms with Crippen molar-refractivity contribution < 1.29 is 50.3 Å². The van der Waals surface area contributed by atoms with Gasteiger partial charge in [-0.1, -0.05) is 0 Å². The molecule has 2 fully saturated rings. The molecule has 2 aromatic heterocycles. The lowest BCUT2D eigenvalue weighted by molar-refractivity contribution is -0.205. The van der Waals surface area contributed by atoms with Gasteiger partial charge in [0.2, 0.25) is 0 Å². The Balaban J connectivity index is 1.38. The van der Waals surface area contributed by atoms with Gasteiger partial charge < -0.3 is 50.3 Å². The summed E-state index contributed by atoms with van der Waals surface area (Å²) in [6.45, 7) is -0.976. The number of pyridine rings is 2. The number of rotatable bonds is 9. The lowest BCUT2D eigenvalue weighted by Gasteiger charge is -2.39. The highest BCUT2D eigenvalue weighted by atomic mass is 32.2. The molecule has 38 heavy (non-hydrogen) atoms. The number of thioether (sulfide) groups is 2. The first-order valence-electron chi connectivity index (χ1n) is 12.0. The summed E-state index contributed by atoms with van der Waals surface area (Å²) in [6.07, 6.45) is -7.01. The fraction of sp³-hybridized carbons (Fsp3) is 0.583. The molecule has 8 N–H and O–H groups in total. The van der Waals surface area contributed by atoms with Crippen molar-refractivity contribution in [2.75, 3.05) is 13.2 Å². The zero-order valence-electron chi connectivity index (χ0n) is 20.2. The van der Waals surface area contributed by atoms with E-state index < -0.39 is 72.9 Å². The first-order valence-corrected chi connectivity index (χ1v) is 14.1. The van der Waals surface area contributed by atoms with Crippen molar-refractivity contribution in [3.63, 3.8) is 0 Å². The van der Waals surface area contributed by atoms with E-state index in [1.807, 2.05) is 12.1 Å². The highest BCUT2D eigenvalue weighted by Gasteiger charge is 2.44. The number of nitrogens with zero attached hydrogens (tertiary/aromatic N) is 2. The molecule has 4 rings (SSSR count). The van der Waals surface area contributed by atoms with E-state index in [0.29, 0.717) is 22.9 Å². The molecule has 10 atom stereocenters. The average Bonchev–Trinajstić information content (AvgIpc) is 2.94. The molecule has 0 spiro atoms. The Morgan fingerprint density at radius 3 is 1.37 bits per heavy atom. The van der Waals surface area contributed by atoms with E-state index in [-0.39, 0.29) is 0 Å². The summed E-state index contributed by atoms with van der Waals surface area (Å²) in [4.78, 5) is 8.78. The molecule has 0 unspecified atom stereocenters. The maximum atomic E-state index is 10.3. The van der Waals surface area contributed by atoms with E-state index in [4.69, 9.17) is 9.47 Å². The molecular weight excluding hydrogens is 540 g/mol. The zero-order chi connectivity index (χ0) is 27.4. The van der Waals surface area contributed by atoms with Gasteiger partial charge in [0.15, 0.2) is 0 Å². The van der Waals surface area contributed by atoms with Crippen LogP contribution in [0.15, 0.2) is 36.7 Å². The minimum Gasteiger partial charge on any atom is -0.394 e. The van der Waals surface area contributed by atoms with Crippen LogP contribution in [0.2, 0.25) is 0 Å². The molecule has 0 saturated carbocycles. The Bertz CT molecular complexity index is 969. The summed E-state index contributed by atoms with van der Waals surface area (Å²) >= 11 is 2.43. The first kappa shape index (κ1) is 29.6. The Morgan fingerprint density at radius 2 is 1.00 bits per heavy atom. The van der Waals surface area contributed by atoms with E-state index in [9.17, 15) is 40.9 Å². The predicted molar refractivity (Wildman–Crippen MR) is 138 cm³/mol. The van der Waals surface area contributed by atoms with Gasteiger partial charge in [0.25, 0.3) is 0 Å². The normalized spacial score (nSPS) is 35.8. The minimum absolute atomic E-state index is 0.394. The number of aliphatic hydroxyl groups is 8. The van der Waals surface area contributed by atoms with Gasteiger partial charge in [-0.2, -0.15) is 0 Å². The SMILES string of the molecule is OC[C@H]1O[C@H](SCc2ccnc(-c3cc(CS[C@H]4O[C@H](CO)[C@@H](O)[C@H](O)[C@@H]4O)ccn3)c2)[C@@H](O)[C@@H](O)[C@@H]1O. The second-order valence-corrected chi connectivity index (χ2v) is 11.3. The van der Waals surface area contributed by atoms with Crippen LogP contribution < -0.4 is 0 Å². The lowest BCUT2D eigenvalue weighted by atomic mass is 10.0. The molecule has 2 aliphatic rings. The largest absolute Gasteiger partial charge is 0.394 e. The Hall–Kier alpha value is -1.40. The molecule has 0 bridgehead atoms. The molecule has 210 valence electrons. The minimum atomic E-state index is -1.43. The zero-order valence-corrected chi connectivity index (χ0v) is 21.8. The summed E-state index contributed by atoms with van der Waals surface area (Å²) in [5, 5.41) is 79.1. The van der Waals surface area contributed by atoms with E-state index in [0.717, 1.165) is 11.1 Å². The molecule has 4 heterocycles. The van der Waals surface area contributed by atoms with Crippen LogP contribution >= 0.6 is 23.5 Å². The average molecular weight is 573 g/mol. The van der Waals surface area contributed by atoms with Crippen LogP contribution in [-0.2, 0) is 21.0 Å². The van der Waals surface area contributed by atoms with E-state index in [1.165, 1.54) is 23.5 Å². The van der Waals surface area contributed by atoms with Gasteiger partial charge in [-0.05, 0) is 35.4 Å². The van der Waals surface area contributed by atoms with E-state index in [1.54, 1.807) is 24.5 Å². The maximum Gasteiger partial charge on any atom is 0.132 e. The standard InChI is InChI=1S/C24H32N2O10S2/c27-7-15-17(29)19(31)21(33)23(35-15)37-9-11-1-3-25-13(5-11)14-6-12(2-4-26-14)10-38-24-22(34)20(32)18(30)16(8-28)36-24/h1-6,15-24,27-34H,7-10H2/t15-,16-,17-,18-,19+,20+,21+,22+,23-,24-/m1/s1. The van der Waals surface area contributed by atoms with Crippen LogP contribution in [0.3, 0.4) is 0 Å². The Kier molecular flexibility index (Phi) is 10.4. The monoisotopic (exact) mass is 572 g/mol. The smallest absolute Gasteiger partial charge is 0.132 e. The molecule has 0 aromatic carbocycles. The van der Waals surface area contributed by atoms with Gasteiger partial charge >= 0.3 is 0 Å². The van der Waals surface area contributed by atoms with E-state index in [2.05, 4.69) is 9.97 Å². The summed E-state index contributed by atoms with van der Waals surface area (Å²) < 4.78 is 11.1. The Morgan fingerprint density at radius 1 is 0.605 bits per heavy atom. The number of hydrogen-bond acceptors (Lipinski definition) is 14. The molecule has 0 aliphatic carbocycles. The second-order valence-electron chi connectivity index (χ2n) is 9.12. The molecule has 0 amide bonds. The topological polar surface area (TPSA) is 206 Å². The van der Waals surface area contributed by atoms with Crippen molar-refractivity contribution >= 4 is 23.5 Å². The van der Waals surface area contributed by atoms with Crippen molar-refractivity contribution in [3.8, 4) is 11.4 Å². The van der Waals surface area contributed by atoms with E-state index >= 15 is 0 Å². The van der Waals surface area contributed by atoms with Crippen molar-refractivity contribution in [2.24, 2.45) is 0 Å². The van der Waals surface area contributed by atoms with Crippen molar-refractivity contribution in [1.29, 1.82) is 0 Å². The fourth-order valence-electron chi connectivity index (χ4n) is 4.18. The van der Waals surface area contributed by atoms with Crippen molar-refractivity contribution in [1.82, 2.24) is 9.97 Å². The van der Waals surface area contributed by atoms with Gasteiger partial charge in [-0.25, -0.2) is 0 Å². The third-order valence-corrected chi connectivity index (χ3v) is 8.87. The highest BCUT2D eigenvalue weighted by Crippen LogP contribution is 2.33. The lowest BCUT2D eigenvalue weighted by Crippen LogP contribution is -2.57. The third kappa shape index (κ3) is 6.66. The van der Waals surface area contributed by atoms with Gasteiger partial charge in [-0.3, -0.25) is 9.97 Å². The number of aliphatic hydroxyl groups excluding tert-OH is 8. The summed E-state index contributed by atoms with van der Waals surface area (Å²) in [5.41, 5.74) is 1.19. The quantitative estimate of drug-likeness (QED) is 0.167. The van der Waals surface area contributed by atoms with Crippen molar-refractivity contribution in [3.05, 3.63) is 47.8 Å². The summed E-state index contributed by atoms with van der Waals surface area (Å²) in [6, 6.07) is 7.24. The first-order chi connectivity index (χ1) is 18.2. The highest BCUT2D eigenvalue weighted by molar-refractivity contribution is 7.99. The molecule has 12 nitrogen and oxygen atoms in total. The van der Waals surface area contributed by atoms with Gasteiger partial charge in [0.1, 0.15) is 59.7 Å². The van der Waals surface area contributed by atoms with Crippen LogP contribution in [0.4, 0.5) is 0 Å². The summed E-state index contributed by atoms with van der Waals surface area (Å²) in [7, 11) is 0. The molecule has 2 aliphatic heterocycles. The van der Waals surface area contributed by atoms with Gasteiger partial charge in [0, 0.05) is 23.9 Å². The molecule has 2 aromatic rings. The Labute approximate surface area is 227 Å². The van der Waals surface area contributed by atoms with Gasteiger partial charge in [-0.15, -0.1) is 23.5 Å². The number of ether oxygens (including phenoxy) is 2. The van der Waals surface area contributed by atoms with Crippen LogP contribution in [0.5, 0.6) is 0 Å². The van der Waals surface area contributed by atoms with Crippen molar-refractivity contribution in [2.45, 2.75) is 71.2 Å². The number of hydrogen-bond donors (Lipinski definition) is 8. The third-order valence-electron chi connectivity index (χ3n) is 6.44. The second kappa shape index (κ2) is 13.3. The molecule has 0 radical (unpaired) electrons. The predicted octanol–water partition coefficient (Wildman–Crippen LogP) is -1.79. The number of aromatic nitrogens is 2. The fourth-order valence-corrected chi connectivity index (χ4v) is 6.41. The summed E-state index contributed by atoms with van der Waals surface area (Å²) in [5.74, 6) is 0.787. The maximum absolute atomic E-state index is 10.3. The molecule has 2 saturated heterocycles. The van der Waals surface area contributed by atoms with Crippen LogP contribution in [0.1, 0.15) is 11.1 Å². The van der Waals surface area contributed by atoms with Crippen LogP contribution in [-0.4, -0.2) is 124 Å². The molecule has 14 heteroatoms. The van der Waals surface area contributed by atoms with Crippen LogP contribution in [0.25, 0.3) is 11.4 Å².